The first-order valence-electron chi connectivity index (χ1n) is 6.90. The molecule has 3 nitrogen and oxygen atoms in total. The highest BCUT2D eigenvalue weighted by atomic mass is 32.1. The maximum absolute atomic E-state index is 12.3. The fraction of sp³-hybridized carbons (Fsp3) is 0.188. The summed E-state index contributed by atoms with van der Waals surface area (Å²) in [5, 5.41) is 8.42. The summed E-state index contributed by atoms with van der Waals surface area (Å²) in [6.07, 6.45) is 1.06. The second-order valence-corrected chi connectivity index (χ2v) is 7.16. The standard InChI is InChI=1S/C16H14N2OS2/c19-16(15-8-14-13(21-15)4-6-20-14)18-12-2-1-10-3-5-17-9-11(10)7-12/h1-2,4,6-8,17H,3,5,9H2,(H,18,19). The molecule has 0 saturated carbocycles. The van der Waals surface area contributed by atoms with Gasteiger partial charge in [-0.3, -0.25) is 4.79 Å². The van der Waals surface area contributed by atoms with Crippen LogP contribution >= 0.6 is 22.7 Å². The van der Waals surface area contributed by atoms with Crippen molar-refractivity contribution in [1.82, 2.24) is 5.32 Å². The van der Waals surface area contributed by atoms with Gasteiger partial charge in [0.05, 0.1) is 4.88 Å². The van der Waals surface area contributed by atoms with Gasteiger partial charge in [0.25, 0.3) is 5.91 Å². The number of amides is 1. The number of fused-ring (bicyclic) bond motifs is 2. The molecule has 2 aromatic heterocycles. The number of rotatable bonds is 2. The summed E-state index contributed by atoms with van der Waals surface area (Å²) in [5.41, 5.74) is 3.54. The molecule has 3 heterocycles. The van der Waals surface area contributed by atoms with Crippen molar-refractivity contribution in [2.75, 3.05) is 11.9 Å². The lowest BCUT2D eigenvalue weighted by molar-refractivity contribution is 0.103. The van der Waals surface area contributed by atoms with Crippen molar-refractivity contribution in [3.05, 3.63) is 51.7 Å². The molecule has 3 aromatic rings. The van der Waals surface area contributed by atoms with E-state index < -0.39 is 0 Å². The highest BCUT2D eigenvalue weighted by molar-refractivity contribution is 7.27. The van der Waals surface area contributed by atoms with Crippen LogP contribution < -0.4 is 10.6 Å². The van der Waals surface area contributed by atoms with Crippen molar-refractivity contribution in [3.63, 3.8) is 0 Å². The molecule has 21 heavy (non-hydrogen) atoms. The SMILES string of the molecule is O=C(Nc1ccc2c(c1)CNCC2)c1cc2sccc2s1. The minimum absolute atomic E-state index is 0.0212. The molecule has 0 fully saturated rings. The molecule has 0 bridgehead atoms. The normalized spacial score (nSPS) is 14.1. The molecule has 0 spiro atoms. The van der Waals surface area contributed by atoms with E-state index in [-0.39, 0.29) is 5.91 Å². The Hall–Kier alpha value is -1.69. The van der Waals surface area contributed by atoms with E-state index in [2.05, 4.69) is 34.2 Å². The Labute approximate surface area is 130 Å². The zero-order valence-corrected chi connectivity index (χ0v) is 12.9. The fourth-order valence-corrected chi connectivity index (χ4v) is 4.63. The molecular formula is C16H14N2OS2. The van der Waals surface area contributed by atoms with Crippen LogP contribution in [0.3, 0.4) is 0 Å². The highest BCUT2D eigenvalue weighted by Crippen LogP contribution is 2.30. The van der Waals surface area contributed by atoms with E-state index in [1.165, 1.54) is 20.5 Å². The van der Waals surface area contributed by atoms with E-state index in [1.54, 1.807) is 22.7 Å². The number of carbonyl (C=O) groups excluding carboxylic acids is 1. The maximum atomic E-state index is 12.3. The average Bonchev–Trinajstić information content (AvgIpc) is 3.08. The molecule has 5 heteroatoms. The number of hydrogen-bond acceptors (Lipinski definition) is 4. The van der Waals surface area contributed by atoms with Crippen molar-refractivity contribution in [1.29, 1.82) is 0 Å². The Morgan fingerprint density at radius 1 is 1.14 bits per heavy atom. The zero-order valence-electron chi connectivity index (χ0n) is 11.3. The van der Waals surface area contributed by atoms with Gasteiger partial charge in [0.2, 0.25) is 0 Å². The third kappa shape index (κ3) is 2.48. The van der Waals surface area contributed by atoms with Gasteiger partial charge < -0.3 is 10.6 Å². The molecule has 0 saturated heterocycles. The van der Waals surface area contributed by atoms with E-state index in [4.69, 9.17) is 0 Å². The molecular weight excluding hydrogens is 300 g/mol. The van der Waals surface area contributed by atoms with E-state index in [1.807, 2.05) is 12.1 Å². The lowest BCUT2D eigenvalue weighted by atomic mass is 10.0. The first kappa shape index (κ1) is 13.0. The Morgan fingerprint density at radius 2 is 2.10 bits per heavy atom. The minimum atomic E-state index is -0.0212. The number of nitrogens with one attached hydrogen (secondary N) is 2. The van der Waals surface area contributed by atoms with E-state index in [0.717, 1.165) is 30.1 Å². The van der Waals surface area contributed by atoms with Crippen LogP contribution in [0.4, 0.5) is 5.69 Å². The summed E-state index contributed by atoms with van der Waals surface area (Å²) < 4.78 is 2.36. The number of anilines is 1. The van der Waals surface area contributed by atoms with E-state index in [9.17, 15) is 4.79 Å². The summed E-state index contributed by atoms with van der Waals surface area (Å²) in [5.74, 6) is -0.0212. The van der Waals surface area contributed by atoms with Crippen molar-refractivity contribution in [2.45, 2.75) is 13.0 Å². The van der Waals surface area contributed by atoms with Gasteiger partial charge in [0.15, 0.2) is 0 Å². The lowest BCUT2D eigenvalue weighted by Gasteiger charge is -2.18. The Kier molecular flexibility index (Phi) is 3.25. The predicted molar refractivity (Wildman–Crippen MR) is 89.5 cm³/mol. The van der Waals surface area contributed by atoms with Crippen LogP contribution in [0.2, 0.25) is 0 Å². The number of hydrogen-bond donors (Lipinski definition) is 2. The van der Waals surface area contributed by atoms with Crippen LogP contribution in [-0.4, -0.2) is 12.5 Å². The van der Waals surface area contributed by atoms with Gasteiger partial charge in [-0.1, -0.05) is 6.07 Å². The summed E-state index contributed by atoms with van der Waals surface area (Å²) in [4.78, 5) is 13.1. The molecule has 0 aliphatic carbocycles. The predicted octanol–water partition coefficient (Wildman–Crippen LogP) is 3.86. The lowest BCUT2D eigenvalue weighted by Crippen LogP contribution is -2.23. The van der Waals surface area contributed by atoms with Gasteiger partial charge in [0.1, 0.15) is 0 Å². The smallest absolute Gasteiger partial charge is 0.265 e. The first-order valence-corrected chi connectivity index (χ1v) is 8.60. The topological polar surface area (TPSA) is 41.1 Å². The number of benzene rings is 1. The Morgan fingerprint density at radius 3 is 3.00 bits per heavy atom. The van der Waals surface area contributed by atoms with Gasteiger partial charge in [-0.05, 0) is 53.7 Å². The minimum Gasteiger partial charge on any atom is -0.321 e. The van der Waals surface area contributed by atoms with Crippen LogP contribution in [0.5, 0.6) is 0 Å². The third-order valence-electron chi connectivity index (χ3n) is 3.71. The molecule has 0 unspecified atom stereocenters. The van der Waals surface area contributed by atoms with Crippen molar-refractivity contribution < 1.29 is 4.79 Å². The molecule has 106 valence electrons. The molecule has 0 radical (unpaired) electrons. The maximum Gasteiger partial charge on any atom is 0.265 e. The molecule has 1 aliphatic heterocycles. The largest absolute Gasteiger partial charge is 0.321 e. The third-order valence-corrected chi connectivity index (χ3v) is 5.81. The van der Waals surface area contributed by atoms with Gasteiger partial charge in [-0.15, -0.1) is 22.7 Å². The Bertz CT molecular complexity index is 790. The molecule has 1 amide bonds. The molecule has 1 aromatic carbocycles. The van der Waals surface area contributed by atoms with Gasteiger partial charge in [-0.25, -0.2) is 0 Å². The van der Waals surface area contributed by atoms with Gasteiger partial charge in [0, 0.05) is 21.6 Å². The number of carbonyl (C=O) groups is 1. The zero-order chi connectivity index (χ0) is 14.2. The van der Waals surface area contributed by atoms with Crippen molar-refractivity contribution in [3.8, 4) is 0 Å². The van der Waals surface area contributed by atoms with Crippen LogP contribution in [-0.2, 0) is 13.0 Å². The van der Waals surface area contributed by atoms with Crippen molar-refractivity contribution in [2.24, 2.45) is 0 Å². The number of thiophene rings is 2. The first-order chi connectivity index (χ1) is 10.3. The second-order valence-electron chi connectivity index (χ2n) is 5.12. The van der Waals surface area contributed by atoms with Crippen molar-refractivity contribution >= 4 is 43.7 Å². The summed E-state index contributed by atoms with van der Waals surface area (Å²) >= 11 is 3.22. The van der Waals surface area contributed by atoms with E-state index >= 15 is 0 Å². The summed E-state index contributed by atoms with van der Waals surface area (Å²) in [6.45, 7) is 1.92. The van der Waals surface area contributed by atoms with Crippen LogP contribution in [0.15, 0.2) is 35.7 Å². The molecule has 1 aliphatic rings. The second kappa shape index (κ2) is 5.26. The highest BCUT2D eigenvalue weighted by Gasteiger charge is 2.13. The van der Waals surface area contributed by atoms with Crippen LogP contribution in [0.1, 0.15) is 20.8 Å². The Balaban J connectivity index is 1.57. The molecule has 0 atom stereocenters. The average molecular weight is 314 g/mol. The fourth-order valence-electron chi connectivity index (χ4n) is 2.63. The quantitative estimate of drug-likeness (QED) is 0.754. The molecule has 4 rings (SSSR count). The van der Waals surface area contributed by atoms with Crippen LogP contribution in [0.25, 0.3) is 9.40 Å². The monoisotopic (exact) mass is 314 g/mol. The van der Waals surface area contributed by atoms with Gasteiger partial charge >= 0.3 is 0 Å². The van der Waals surface area contributed by atoms with Crippen LogP contribution in [0, 0.1) is 0 Å². The summed E-state index contributed by atoms with van der Waals surface area (Å²) in [6, 6.07) is 10.2. The molecule has 2 N–H and O–H groups in total. The van der Waals surface area contributed by atoms with Gasteiger partial charge in [-0.2, -0.15) is 0 Å². The van der Waals surface area contributed by atoms with E-state index in [0.29, 0.717) is 0 Å². The summed E-state index contributed by atoms with van der Waals surface area (Å²) in [7, 11) is 0.